The van der Waals surface area contributed by atoms with Crippen LogP contribution in [0, 0.1) is 5.92 Å². The van der Waals surface area contributed by atoms with Gasteiger partial charge in [-0.05, 0) is 38.1 Å². The van der Waals surface area contributed by atoms with Gasteiger partial charge in [-0.1, -0.05) is 0 Å². The molecule has 2 saturated heterocycles. The summed E-state index contributed by atoms with van der Waals surface area (Å²) in [4.78, 5) is 0. The maximum atomic E-state index is 7.98. The lowest BCUT2D eigenvalue weighted by Crippen LogP contribution is -2.40. The summed E-state index contributed by atoms with van der Waals surface area (Å²) >= 11 is 0. The quantitative estimate of drug-likeness (QED) is 0.529. The number of hydrogen-bond acceptors (Lipinski definition) is 1. The van der Waals surface area contributed by atoms with Crippen LogP contribution in [0.15, 0.2) is 0 Å². The molecule has 0 atom stereocenters. The van der Waals surface area contributed by atoms with Crippen molar-refractivity contribution in [1.82, 2.24) is 11.1 Å². The van der Waals surface area contributed by atoms with Crippen LogP contribution < -0.4 is 11.1 Å². The molecule has 0 aromatic heterocycles. The van der Waals surface area contributed by atoms with Crippen LogP contribution in [0.5, 0.6) is 0 Å². The van der Waals surface area contributed by atoms with E-state index in [0.717, 1.165) is 25.3 Å². The zero-order valence-electron chi connectivity index (χ0n) is 6.32. The van der Waals surface area contributed by atoms with Crippen LogP contribution in [0.3, 0.4) is 0 Å². The first kappa shape index (κ1) is 6.62. The Hall–Kier alpha value is -0.0800. The summed E-state index contributed by atoms with van der Waals surface area (Å²) in [5.41, 5.74) is 7.89. The van der Waals surface area contributed by atoms with Crippen molar-refractivity contribution < 1.29 is 0 Å². The average Bonchev–Trinajstić information content (AvgIpc) is 2.19. The van der Waals surface area contributed by atoms with E-state index in [-0.39, 0.29) is 5.54 Å². The van der Waals surface area contributed by atoms with Gasteiger partial charge in [0, 0.05) is 12.1 Å². The lowest BCUT2D eigenvalue weighted by Gasteiger charge is -2.30. The normalized spacial score (nSPS) is 47.1. The molecule has 2 nitrogen and oxygen atoms in total. The van der Waals surface area contributed by atoms with Crippen molar-refractivity contribution in [3.63, 3.8) is 0 Å². The number of rotatable bonds is 0. The third-order valence-electron chi connectivity index (χ3n) is 2.96. The summed E-state index contributed by atoms with van der Waals surface area (Å²) in [7, 11) is 0. The fraction of sp³-hybridized carbons (Fsp3) is 1.00. The predicted molar refractivity (Wildman–Crippen MR) is 40.7 cm³/mol. The minimum atomic E-state index is -0.0903. The van der Waals surface area contributed by atoms with E-state index in [1.807, 2.05) is 0 Å². The first-order valence-corrected chi connectivity index (χ1v) is 4.24. The molecule has 10 heavy (non-hydrogen) atoms. The zero-order chi connectivity index (χ0) is 7.03. The highest BCUT2D eigenvalue weighted by molar-refractivity contribution is 4.94. The lowest BCUT2D eigenvalue weighted by molar-refractivity contribution is 0.271. The molecule has 3 fully saturated rings. The summed E-state index contributed by atoms with van der Waals surface area (Å²) in [6, 6.07) is 0. The molecule has 1 saturated carbocycles. The van der Waals surface area contributed by atoms with Crippen molar-refractivity contribution >= 4 is 0 Å². The maximum absolute atomic E-state index is 7.98. The minimum absolute atomic E-state index is 0.0903. The van der Waals surface area contributed by atoms with Crippen LogP contribution in [0.4, 0.5) is 0 Å². The van der Waals surface area contributed by atoms with E-state index in [1.54, 1.807) is 0 Å². The molecule has 2 bridgehead atoms. The van der Waals surface area contributed by atoms with Gasteiger partial charge >= 0.3 is 0 Å². The summed E-state index contributed by atoms with van der Waals surface area (Å²) in [5, 5.41) is 3.36. The summed E-state index contributed by atoms with van der Waals surface area (Å²) in [5.74, 6) is 0.890. The first-order valence-electron chi connectivity index (χ1n) is 4.24. The number of nitrogens with one attached hydrogen (secondary N) is 2. The second-order valence-electron chi connectivity index (χ2n) is 3.85. The van der Waals surface area contributed by atoms with Gasteiger partial charge in [-0.25, -0.2) is 5.73 Å². The molecule has 2 heteroatoms. The fourth-order valence-electron chi connectivity index (χ4n) is 2.13. The highest BCUT2D eigenvalue weighted by Crippen LogP contribution is 2.33. The molecule has 1 radical (unpaired) electrons. The SMILES string of the molecule is [NH]C12CCC(CC1)CNC2. The average molecular weight is 139 g/mol. The van der Waals surface area contributed by atoms with Gasteiger partial charge in [0.15, 0.2) is 0 Å². The molecule has 0 spiro atoms. The standard InChI is InChI=1S/C8H15N2/c9-8-3-1-7(2-4-8)5-10-6-8/h7,9-10H,1-6H2. The van der Waals surface area contributed by atoms with Gasteiger partial charge in [0.25, 0.3) is 0 Å². The van der Waals surface area contributed by atoms with Crippen LogP contribution in [0.2, 0.25) is 0 Å². The Balaban J connectivity index is 2.11. The highest BCUT2D eigenvalue weighted by atomic mass is 15.0. The molecule has 3 rings (SSSR count). The molecule has 0 aromatic carbocycles. The summed E-state index contributed by atoms with van der Waals surface area (Å²) in [6.07, 6.45) is 4.84. The molecule has 0 unspecified atom stereocenters. The smallest absolute Gasteiger partial charge is 0.0448 e. The number of fused-ring (bicyclic) bond motifs is 4. The van der Waals surface area contributed by atoms with Gasteiger partial charge in [-0.3, -0.25) is 0 Å². The Kier molecular flexibility index (Phi) is 1.46. The molecular formula is C8H15N2. The Morgan fingerprint density at radius 1 is 1.30 bits per heavy atom. The summed E-state index contributed by atoms with van der Waals surface area (Å²) < 4.78 is 0. The monoisotopic (exact) mass is 139 g/mol. The zero-order valence-corrected chi connectivity index (χ0v) is 6.32. The molecule has 57 valence electrons. The van der Waals surface area contributed by atoms with Crippen LogP contribution in [0.1, 0.15) is 25.7 Å². The van der Waals surface area contributed by atoms with Gasteiger partial charge in [-0.15, -0.1) is 0 Å². The van der Waals surface area contributed by atoms with Crippen molar-refractivity contribution in [3.05, 3.63) is 0 Å². The molecule has 0 aromatic rings. The number of hydrogen-bond donors (Lipinski definition) is 1. The van der Waals surface area contributed by atoms with Gasteiger partial charge in [0.1, 0.15) is 0 Å². The van der Waals surface area contributed by atoms with E-state index in [4.69, 9.17) is 5.73 Å². The van der Waals surface area contributed by atoms with Crippen molar-refractivity contribution in [2.45, 2.75) is 31.2 Å². The van der Waals surface area contributed by atoms with Crippen LogP contribution in [-0.2, 0) is 0 Å². The predicted octanol–water partition coefficient (Wildman–Crippen LogP) is 0.801. The second kappa shape index (κ2) is 2.21. The van der Waals surface area contributed by atoms with E-state index in [0.29, 0.717) is 0 Å². The largest absolute Gasteiger partial charge is 0.315 e. The lowest BCUT2D eigenvalue weighted by atomic mass is 9.79. The van der Waals surface area contributed by atoms with Crippen molar-refractivity contribution in [2.24, 2.45) is 5.92 Å². The third kappa shape index (κ3) is 1.06. The minimum Gasteiger partial charge on any atom is -0.315 e. The van der Waals surface area contributed by atoms with Crippen molar-refractivity contribution in [1.29, 1.82) is 0 Å². The van der Waals surface area contributed by atoms with Gasteiger partial charge in [-0.2, -0.15) is 0 Å². The Labute approximate surface area is 62.2 Å². The van der Waals surface area contributed by atoms with E-state index in [9.17, 15) is 0 Å². The summed E-state index contributed by atoms with van der Waals surface area (Å²) in [6.45, 7) is 2.10. The third-order valence-corrected chi connectivity index (χ3v) is 2.96. The molecule has 2 aliphatic heterocycles. The van der Waals surface area contributed by atoms with Gasteiger partial charge in [0.05, 0.1) is 0 Å². The first-order chi connectivity index (χ1) is 4.79. The van der Waals surface area contributed by atoms with E-state index in [2.05, 4.69) is 5.32 Å². The van der Waals surface area contributed by atoms with Crippen LogP contribution in [0.25, 0.3) is 0 Å². The second-order valence-corrected chi connectivity index (χ2v) is 3.85. The molecule has 1 aliphatic carbocycles. The fourth-order valence-corrected chi connectivity index (χ4v) is 2.13. The Morgan fingerprint density at radius 3 is 2.70 bits per heavy atom. The Morgan fingerprint density at radius 2 is 2.00 bits per heavy atom. The maximum Gasteiger partial charge on any atom is 0.0448 e. The van der Waals surface area contributed by atoms with E-state index >= 15 is 0 Å². The molecule has 2 heterocycles. The molecular weight excluding hydrogens is 124 g/mol. The molecule has 2 N–H and O–H groups in total. The van der Waals surface area contributed by atoms with Crippen molar-refractivity contribution in [2.75, 3.05) is 13.1 Å². The van der Waals surface area contributed by atoms with E-state index in [1.165, 1.54) is 19.4 Å². The topological polar surface area (TPSA) is 35.8 Å². The molecule has 0 amide bonds. The van der Waals surface area contributed by atoms with Gasteiger partial charge in [0.2, 0.25) is 0 Å². The van der Waals surface area contributed by atoms with Crippen LogP contribution in [-0.4, -0.2) is 18.6 Å². The Bertz CT molecular complexity index is 120. The van der Waals surface area contributed by atoms with Crippen LogP contribution >= 0.6 is 0 Å². The van der Waals surface area contributed by atoms with Crippen molar-refractivity contribution in [3.8, 4) is 0 Å². The van der Waals surface area contributed by atoms with E-state index < -0.39 is 0 Å². The highest BCUT2D eigenvalue weighted by Gasteiger charge is 2.34. The van der Waals surface area contributed by atoms with Gasteiger partial charge < -0.3 is 5.32 Å². The molecule has 3 aliphatic rings.